The third kappa shape index (κ3) is 4.95. The zero-order valence-corrected chi connectivity index (χ0v) is 19.8. The number of urea groups is 1. The average Bonchev–Trinajstić information content (AvgIpc) is 3.29. The van der Waals surface area contributed by atoms with Crippen LogP contribution in [0.25, 0.3) is 17.0 Å². The minimum atomic E-state index is -0.544. The van der Waals surface area contributed by atoms with E-state index in [-0.39, 0.29) is 11.8 Å². The van der Waals surface area contributed by atoms with Crippen LogP contribution in [-0.4, -0.2) is 34.2 Å². The van der Waals surface area contributed by atoms with Crippen molar-refractivity contribution < 1.29 is 18.4 Å². The van der Waals surface area contributed by atoms with E-state index < -0.39 is 6.04 Å². The Morgan fingerprint density at radius 3 is 2.50 bits per heavy atom. The van der Waals surface area contributed by atoms with E-state index in [4.69, 9.17) is 9.26 Å². The number of benzene rings is 2. The largest absolute Gasteiger partial charge is 0.494 e. The molecule has 3 aromatic rings. The topological polar surface area (TPSA) is 80.5 Å². The summed E-state index contributed by atoms with van der Waals surface area (Å²) in [7, 11) is 0. The predicted octanol–water partition coefficient (Wildman–Crippen LogP) is 5.82. The number of aromatic nitrogens is 2. The second-order valence-electron chi connectivity index (χ2n) is 8.65. The number of nitrogens with zero attached hydrogens (tertiary/aromatic N) is 3. The van der Waals surface area contributed by atoms with Gasteiger partial charge in [0.15, 0.2) is 0 Å². The number of rotatable bonds is 8. The lowest BCUT2D eigenvalue weighted by atomic mass is 9.94. The van der Waals surface area contributed by atoms with Crippen molar-refractivity contribution in [3.63, 3.8) is 0 Å². The van der Waals surface area contributed by atoms with Gasteiger partial charge in [0.2, 0.25) is 5.82 Å². The van der Waals surface area contributed by atoms with Gasteiger partial charge in [0.25, 0.3) is 5.89 Å². The summed E-state index contributed by atoms with van der Waals surface area (Å²) in [6, 6.07) is 12.8. The number of ether oxygens (including phenoxy) is 1. The van der Waals surface area contributed by atoms with Gasteiger partial charge < -0.3 is 14.6 Å². The predicted molar refractivity (Wildman–Crippen MR) is 127 cm³/mol. The molecule has 1 N–H and O–H groups in total. The lowest BCUT2D eigenvalue weighted by Crippen LogP contribution is -2.46. The van der Waals surface area contributed by atoms with Gasteiger partial charge in [0.1, 0.15) is 11.6 Å². The van der Waals surface area contributed by atoms with Crippen LogP contribution in [0.4, 0.5) is 9.18 Å². The number of nitrogens with one attached hydrogen (secondary N) is 1. The fourth-order valence-corrected chi connectivity index (χ4v) is 3.94. The van der Waals surface area contributed by atoms with Gasteiger partial charge in [-0.1, -0.05) is 31.1 Å². The Kier molecular flexibility index (Phi) is 6.95. The van der Waals surface area contributed by atoms with Crippen molar-refractivity contribution in [1.82, 2.24) is 20.4 Å². The Hall–Kier alpha value is -3.68. The van der Waals surface area contributed by atoms with Crippen molar-refractivity contribution in [1.29, 1.82) is 0 Å². The molecule has 1 aliphatic heterocycles. The molecule has 4 rings (SSSR count). The molecule has 2 amide bonds. The van der Waals surface area contributed by atoms with Gasteiger partial charge in [0.05, 0.1) is 18.2 Å². The molecule has 0 saturated carbocycles. The highest BCUT2D eigenvalue weighted by molar-refractivity contribution is 5.86. The SMILES string of the molecule is CCOc1ccc(-c2noc(C3=C(C)N(CCC(C)C)C(=O)NC3c3ccc(F)cc3)n2)cc1. The first kappa shape index (κ1) is 23.5. The van der Waals surface area contributed by atoms with Crippen molar-refractivity contribution in [2.24, 2.45) is 5.92 Å². The van der Waals surface area contributed by atoms with Crippen LogP contribution < -0.4 is 10.1 Å². The number of allylic oxidation sites excluding steroid dienone is 1. The number of hydrogen-bond acceptors (Lipinski definition) is 5. The first-order chi connectivity index (χ1) is 16.4. The zero-order valence-electron chi connectivity index (χ0n) is 19.8. The lowest BCUT2D eigenvalue weighted by molar-refractivity contribution is 0.202. The Morgan fingerprint density at radius 1 is 1.15 bits per heavy atom. The number of hydrogen-bond donors (Lipinski definition) is 1. The molecule has 8 heteroatoms. The first-order valence-electron chi connectivity index (χ1n) is 11.5. The van der Waals surface area contributed by atoms with Gasteiger partial charge in [-0.25, -0.2) is 9.18 Å². The van der Waals surface area contributed by atoms with Crippen molar-refractivity contribution in [3.8, 4) is 17.1 Å². The zero-order chi connectivity index (χ0) is 24.2. The summed E-state index contributed by atoms with van der Waals surface area (Å²) < 4.78 is 24.8. The Bertz CT molecular complexity index is 1170. The molecule has 0 fully saturated rings. The lowest BCUT2D eigenvalue weighted by Gasteiger charge is -2.35. The fraction of sp³-hybridized carbons (Fsp3) is 0.346. The molecule has 34 heavy (non-hydrogen) atoms. The summed E-state index contributed by atoms with van der Waals surface area (Å²) in [5, 5.41) is 7.22. The maximum absolute atomic E-state index is 13.6. The van der Waals surface area contributed by atoms with Gasteiger partial charge in [-0.15, -0.1) is 0 Å². The van der Waals surface area contributed by atoms with Gasteiger partial charge >= 0.3 is 6.03 Å². The molecule has 1 unspecified atom stereocenters. The number of amides is 2. The fourth-order valence-electron chi connectivity index (χ4n) is 3.94. The molecule has 0 aliphatic carbocycles. The Labute approximate surface area is 198 Å². The van der Waals surface area contributed by atoms with E-state index in [2.05, 4.69) is 29.3 Å². The maximum atomic E-state index is 13.6. The molecule has 0 radical (unpaired) electrons. The van der Waals surface area contributed by atoms with Crippen molar-refractivity contribution in [3.05, 3.63) is 71.5 Å². The van der Waals surface area contributed by atoms with Crippen LogP contribution in [0.15, 0.2) is 58.8 Å². The molecule has 0 saturated heterocycles. The molecular weight excluding hydrogens is 435 g/mol. The van der Waals surface area contributed by atoms with Gasteiger partial charge in [0, 0.05) is 17.8 Å². The number of carbonyl (C=O) groups is 1. The maximum Gasteiger partial charge on any atom is 0.322 e. The van der Waals surface area contributed by atoms with Crippen LogP contribution in [0.5, 0.6) is 5.75 Å². The van der Waals surface area contributed by atoms with Gasteiger partial charge in [-0.05, 0) is 68.1 Å². The second-order valence-corrected chi connectivity index (χ2v) is 8.65. The van der Waals surface area contributed by atoms with E-state index in [1.165, 1.54) is 12.1 Å². The summed E-state index contributed by atoms with van der Waals surface area (Å²) in [4.78, 5) is 19.3. The third-order valence-corrected chi connectivity index (χ3v) is 5.81. The average molecular weight is 465 g/mol. The molecule has 178 valence electrons. The Balaban J connectivity index is 1.73. The van der Waals surface area contributed by atoms with Crippen LogP contribution in [0, 0.1) is 11.7 Å². The molecule has 2 aromatic carbocycles. The molecule has 0 spiro atoms. The van der Waals surface area contributed by atoms with Crippen LogP contribution in [0.1, 0.15) is 51.6 Å². The van der Waals surface area contributed by atoms with Gasteiger partial charge in [-0.3, -0.25) is 4.90 Å². The molecule has 0 bridgehead atoms. The van der Waals surface area contributed by atoms with Crippen LogP contribution >= 0.6 is 0 Å². The van der Waals surface area contributed by atoms with E-state index in [0.29, 0.717) is 36.4 Å². The summed E-state index contributed by atoms with van der Waals surface area (Å²) in [5.74, 6) is 1.60. The van der Waals surface area contributed by atoms with E-state index in [0.717, 1.165) is 29.0 Å². The second kappa shape index (κ2) is 10.1. The molecule has 2 heterocycles. The first-order valence-corrected chi connectivity index (χ1v) is 11.5. The van der Waals surface area contributed by atoms with Gasteiger partial charge in [-0.2, -0.15) is 4.98 Å². The van der Waals surface area contributed by atoms with Crippen LogP contribution in [0.3, 0.4) is 0 Å². The summed E-state index contributed by atoms with van der Waals surface area (Å²) in [6.07, 6.45) is 0.848. The monoisotopic (exact) mass is 464 g/mol. The van der Waals surface area contributed by atoms with Crippen molar-refractivity contribution in [2.75, 3.05) is 13.2 Å². The quantitative estimate of drug-likeness (QED) is 0.454. The molecular formula is C26H29FN4O3. The van der Waals surface area contributed by atoms with E-state index >= 15 is 0 Å². The highest BCUT2D eigenvalue weighted by atomic mass is 19.1. The summed E-state index contributed by atoms with van der Waals surface area (Å²) in [5.41, 5.74) is 2.94. The smallest absolute Gasteiger partial charge is 0.322 e. The summed E-state index contributed by atoms with van der Waals surface area (Å²) >= 11 is 0. The van der Waals surface area contributed by atoms with Crippen molar-refractivity contribution in [2.45, 2.75) is 40.2 Å². The number of carbonyl (C=O) groups excluding carboxylic acids is 1. The third-order valence-electron chi connectivity index (χ3n) is 5.81. The highest BCUT2D eigenvalue weighted by Gasteiger charge is 2.35. The van der Waals surface area contributed by atoms with E-state index in [1.807, 2.05) is 38.1 Å². The minimum Gasteiger partial charge on any atom is -0.494 e. The van der Waals surface area contributed by atoms with E-state index in [9.17, 15) is 9.18 Å². The van der Waals surface area contributed by atoms with Crippen LogP contribution in [0.2, 0.25) is 0 Å². The molecule has 7 nitrogen and oxygen atoms in total. The molecule has 1 aromatic heterocycles. The number of halogens is 1. The normalized spacial score (nSPS) is 16.2. The van der Waals surface area contributed by atoms with E-state index in [1.54, 1.807) is 17.0 Å². The highest BCUT2D eigenvalue weighted by Crippen LogP contribution is 2.37. The van der Waals surface area contributed by atoms with Crippen molar-refractivity contribution >= 4 is 11.6 Å². The molecule has 1 atom stereocenters. The standard InChI is InChI=1S/C26H29FN4O3/c1-5-33-21-12-8-19(9-13-21)24-29-25(34-30-24)22-17(4)31(15-14-16(2)3)26(32)28-23(22)18-6-10-20(27)11-7-18/h6-13,16,23H,5,14-15H2,1-4H3,(H,28,32). The molecule has 1 aliphatic rings. The minimum absolute atomic E-state index is 0.206. The Morgan fingerprint density at radius 2 is 1.85 bits per heavy atom. The summed E-state index contributed by atoms with van der Waals surface area (Å²) in [6.45, 7) is 9.19. The van der Waals surface area contributed by atoms with Crippen LogP contribution in [-0.2, 0) is 0 Å².